The molecule has 0 saturated heterocycles. The molecule has 0 radical (unpaired) electrons. The third-order valence-electron chi connectivity index (χ3n) is 4.43. The summed E-state index contributed by atoms with van der Waals surface area (Å²) in [5.41, 5.74) is -1.11. The van der Waals surface area contributed by atoms with Crippen molar-refractivity contribution in [3.63, 3.8) is 0 Å². The molecule has 1 rings (SSSR count). The first-order chi connectivity index (χ1) is 11.3. The molecule has 0 spiro atoms. The van der Waals surface area contributed by atoms with Crippen molar-refractivity contribution in [2.24, 2.45) is 22.7 Å². The molecule has 0 amide bonds. The molecule has 1 aromatic rings. The maximum Gasteiger partial charge on any atom is 0.311 e. The van der Waals surface area contributed by atoms with Crippen molar-refractivity contribution in [2.75, 3.05) is 0 Å². The zero-order valence-corrected chi connectivity index (χ0v) is 15.9. The Hall–Kier alpha value is -1.88. The van der Waals surface area contributed by atoms with E-state index in [1.165, 1.54) is 0 Å². The molecular weight excluding hydrogens is 320 g/mol. The van der Waals surface area contributed by atoms with Gasteiger partial charge in [0, 0.05) is 5.92 Å². The molecule has 3 unspecified atom stereocenters. The summed E-state index contributed by atoms with van der Waals surface area (Å²) in [6.07, 6.45) is -1.22. The number of rotatable bonds is 6. The van der Waals surface area contributed by atoms with E-state index >= 15 is 0 Å². The quantitative estimate of drug-likeness (QED) is 0.603. The van der Waals surface area contributed by atoms with E-state index in [2.05, 4.69) is 0 Å². The van der Waals surface area contributed by atoms with Crippen LogP contribution in [0.15, 0.2) is 30.3 Å². The topological polar surface area (TPSA) is 83.8 Å². The first kappa shape index (κ1) is 21.2. The Morgan fingerprint density at radius 2 is 1.52 bits per heavy atom. The van der Waals surface area contributed by atoms with Gasteiger partial charge in [0.2, 0.25) is 0 Å². The molecule has 2 N–H and O–H groups in total. The Labute approximate surface area is 150 Å². The third kappa shape index (κ3) is 6.16. The maximum atomic E-state index is 12.3. The molecule has 0 aliphatic heterocycles. The van der Waals surface area contributed by atoms with Crippen LogP contribution in [0, 0.1) is 22.7 Å². The number of para-hydroxylation sites is 1. The van der Waals surface area contributed by atoms with E-state index in [0.717, 1.165) is 0 Å². The summed E-state index contributed by atoms with van der Waals surface area (Å²) in [6.45, 7) is 11.0. The van der Waals surface area contributed by atoms with Crippen LogP contribution in [-0.4, -0.2) is 28.3 Å². The molecule has 0 aliphatic carbocycles. The fourth-order valence-corrected chi connectivity index (χ4v) is 3.04. The van der Waals surface area contributed by atoms with Crippen LogP contribution in [0.5, 0.6) is 5.75 Å². The highest BCUT2D eigenvalue weighted by Crippen LogP contribution is 2.40. The number of hydrogen-bond donors (Lipinski definition) is 2. The van der Waals surface area contributed by atoms with Gasteiger partial charge < -0.3 is 14.9 Å². The zero-order valence-electron chi connectivity index (χ0n) is 15.9. The van der Waals surface area contributed by atoms with Gasteiger partial charge in [0.25, 0.3) is 0 Å². The molecule has 140 valence electrons. The van der Waals surface area contributed by atoms with Gasteiger partial charge in [-0.3, -0.25) is 9.59 Å². The van der Waals surface area contributed by atoms with Gasteiger partial charge in [0.1, 0.15) is 5.75 Å². The van der Waals surface area contributed by atoms with Gasteiger partial charge in [-0.25, -0.2) is 0 Å². The van der Waals surface area contributed by atoms with Gasteiger partial charge in [-0.15, -0.1) is 0 Å². The molecule has 25 heavy (non-hydrogen) atoms. The van der Waals surface area contributed by atoms with Gasteiger partial charge >= 0.3 is 11.9 Å². The number of esters is 1. The number of benzene rings is 1. The predicted molar refractivity (Wildman–Crippen MR) is 96.2 cm³/mol. The average molecular weight is 350 g/mol. The number of aliphatic carboxylic acids is 1. The van der Waals surface area contributed by atoms with Crippen LogP contribution in [0.25, 0.3) is 0 Å². The molecule has 3 atom stereocenters. The second-order valence-electron chi connectivity index (χ2n) is 8.64. The highest BCUT2D eigenvalue weighted by Gasteiger charge is 2.45. The normalized spacial score (nSPS) is 16.0. The van der Waals surface area contributed by atoms with Gasteiger partial charge in [-0.05, 0) is 23.0 Å². The first-order valence-corrected chi connectivity index (χ1v) is 8.50. The number of aliphatic hydroxyl groups is 1. The monoisotopic (exact) mass is 350 g/mol. The van der Waals surface area contributed by atoms with E-state index in [-0.39, 0.29) is 6.42 Å². The minimum Gasteiger partial charge on any atom is -0.481 e. The van der Waals surface area contributed by atoms with Crippen LogP contribution in [0.2, 0.25) is 0 Å². The van der Waals surface area contributed by atoms with Crippen LogP contribution in [0.4, 0.5) is 0 Å². The minimum atomic E-state index is -1.17. The van der Waals surface area contributed by atoms with Gasteiger partial charge in [-0.1, -0.05) is 59.7 Å². The fourth-order valence-electron chi connectivity index (χ4n) is 3.04. The van der Waals surface area contributed by atoms with Crippen molar-refractivity contribution in [1.29, 1.82) is 0 Å². The van der Waals surface area contributed by atoms with E-state index in [1.807, 2.05) is 26.8 Å². The fraction of sp³-hybridized carbons (Fsp3) is 0.600. The van der Waals surface area contributed by atoms with Gasteiger partial charge in [-0.2, -0.15) is 0 Å². The Bertz CT molecular complexity index is 580. The summed E-state index contributed by atoms with van der Waals surface area (Å²) in [7, 11) is 0. The molecule has 0 aliphatic rings. The van der Waals surface area contributed by atoms with E-state index in [0.29, 0.717) is 5.75 Å². The summed E-state index contributed by atoms with van der Waals surface area (Å²) in [6, 6.07) is 8.70. The van der Waals surface area contributed by atoms with E-state index < -0.39 is 40.7 Å². The number of carbonyl (C=O) groups is 2. The Balaban J connectivity index is 3.01. The number of carbonyl (C=O) groups excluding carboxylic acids is 1. The number of aliphatic hydroxyl groups excluding tert-OH is 1. The zero-order chi connectivity index (χ0) is 19.4. The second-order valence-corrected chi connectivity index (χ2v) is 8.64. The highest BCUT2D eigenvalue weighted by atomic mass is 16.5. The average Bonchev–Trinajstić information content (AvgIpc) is 2.42. The molecule has 1 aromatic carbocycles. The number of ether oxygens (including phenoxy) is 1. The van der Waals surface area contributed by atoms with Crippen LogP contribution in [0.1, 0.15) is 48.0 Å². The molecule has 5 heteroatoms. The SMILES string of the molecule is CC(C)(C)C(CC(=O)Oc1ccccc1)C(O)C(C(=O)O)C(C)(C)C. The van der Waals surface area contributed by atoms with E-state index in [9.17, 15) is 19.8 Å². The molecule has 0 fully saturated rings. The van der Waals surface area contributed by atoms with Crippen molar-refractivity contribution in [1.82, 2.24) is 0 Å². The molecule has 0 saturated carbocycles. The third-order valence-corrected chi connectivity index (χ3v) is 4.43. The van der Waals surface area contributed by atoms with Crippen LogP contribution in [0.3, 0.4) is 0 Å². The summed E-state index contributed by atoms with van der Waals surface area (Å²) < 4.78 is 5.32. The minimum absolute atomic E-state index is 0.0561. The number of carboxylic acids is 1. The lowest BCUT2D eigenvalue weighted by Crippen LogP contribution is -2.47. The number of hydrogen-bond acceptors (Lipinski definition) is 4. The van der Waals surface area contributed by atoms with Crippen LogP contribution < -0.4 is 4.74 Å². The molecule has 0 bridgehead atoms. The number of carboxylic acid groups (broad SMARTS) is 1. The lowest BCUT2D eigenvalue weighted by Gasteiger charge is -2.40. The maximum absolute atomic E-state index is 12.3. The summed E-state index contributed by atoms with van der Waals surface area (Å²) >= 11 is 0. The van der Waals surface area contributed by atoms with Crippen LogP contribution >= 0.6 is 0 Å². The van der Waals surface area contributed by atoms with E-state index in [1.54, 1.807) is 45.0 Å². The molecule has 5 nitrogen and oxygen atoms in total. The van der Waals surface area contributed by atoms with E-state index in [4.69, 9.17) is 4.74 Å². The lowest BCUT2D eigenvalue weighted by atomic mass is 9.66. The van der Waals surface area contributed by atoms with Crippen molar-refractivity contribution >= 4 is 11.9 Å². The summed E-state index contributed by atoms with van der Waals surface area (Å²) in [4.78, 5) is 24.1. The van der Waals surface area contributed by atoms with Gasteiger partial charge in [0.05, 0.1) is 18.4 Å². The van der Waals surface area contributed by atoms with Crippen molar-refractivity contribution < 1.29 is 24.5 Å². The first-order valence-electron chi connectivity index (χ1n) is 8.50. The Morgan fingerprint density at radius 3 is 1.92 bits per heavy atom. The second kappa shape index (κ2) is 8.00. The Morgan fingerprint density at radius 1 is 1.00 bits per heavy atom. The molecule has 0 heterocycles. The molecular formula is C20H30O5. The smallest absolute Gasteiger partial charge is 0.311 e. The highest BCUT2D eigenvalue weighted by molar-refractivity contribution is 5.74. The molecule has 0 aromatic heterocycles. The van der Waals surface area contributed by atoms with Crippen LogP contribution in [-0.2, 0) is 9.59 Å². The summed E-state index contributed by atoms with van der Waals surface area (Å²) in [5, 5.41) is 20.4. The summed E-state index contributed by atoms with van der Waals surface area (Å²) in [5.74, 6) is -2.65. The predicted octanol–water partition coefficient (Wildman–Crippen LogP) is 3.75. The standard InChI is InChI=1S/C20H30O5/c1-19(2,3)14(17(22)16(18(23)24)20(4,5)6)12-15(21)25-13-10-8-7-9-11-13/h7-11,14,16-17,22H,12H2,1-6H3,(H,23,24). The Kier molecular flexibility index (Phi) is 6.77. The van der Waals surface area contributed by atoms with Crippen molar-refractivity contribution in [3.8, 4) is 5.75 Å². The lowest BCUT2D eigenvalue weighted by molar-refractivity contribution is -0.158. The van der Waals surface area contributed by atoms with Crippen molar-refractivity contribution in [2.45, 2.75) is 54.1 Å². The van der Waals surface area contributed by atoms with Crippen molar-refractivity contribution in [3.05, 3.63) is 30.3 Å². The van der Waals surface area contributed by atoms with Gasteiger partial charge in [0.15, 0.2) is 0 Å². The largest absolute Gasteiger partial charge is 0.481 e.